The van der Waals surface area contributed by atoms with Crippen LogP contribution >= 0.6 is 0 Å². The van der Waals surface area contributed by atoms with Crippen molar-refractivity contribution in [3.05, 3.63) is 0 Å². The zero-order chi connectivity index (χ0) is 10.6. The van der Waals surface area contributed by atoms with Gasteiger partial charge in [0.15, 0.2) is 0 Å². The van der Waals surface area contributed by atoms with Gasteiger partial charge < -0.3 is 5.32 Å². The standard InChI is InChI=1S/C13H27N/c1-5-11-8-7-9-12(11)14-10-13(3,4)6-2/h11-12,14H,5-10H2,1-4H3. The molecule has 14 heavy (non-hydrogen) atoms. The Morgan fingerprint density at radius 3 is 2.50 bits per heavy atom. The number of hydrogen-bond donors (Lipinski definition) is 1. The van der Waals surface area contributed by atoms with E-state index >= 15 is 0 Å². The third-order valence-electron chi connectivity index (χ3n) is 3.98. The molecule has 0 spiro atoms. The lowest BCUT2D eigenvalue weighted by Crippen LogP contribution is -2.38. The van der Waals surface area contributed by atoms with Gasteiger partial charge in [-0.3, -0.25) is 0 Å². The van der Waals surface area contributed by atoms with Gasteiger partial charge in [0.05, 0.1) is 0 Å². The highest BCUT2D eigenvalue weighted by Crippen LogP contribution is 2.29. The van der Waals surface area contributed by atoms with E-state index in [4.69, 9.17) is 0 Å². The summed E-state index contributed by atoms with van der Waals surface area (Å²) in [5.74, 6) is 0.947. The second kappa shape index (κ2) is 5.16. The third-order valence-corrected chi connectivity index (χ3v) is 3.98. The summed E-state index contributed by atoms with van der Waals surface area (Å²) in [7, 11) is 0. The van der Waals surface area contributed by atoms with E-state index in [-0.39, 0.29) is 0 Å². The SMILES string of the molecule is CCC1CCCC1NCC(C)(C)CC. The number of rotatable bonds is 5. The van der Waals surface area contributed by atoms with Crippen molar-refractivity contribution in [1.82, 2.24) is 5.32 Å². The van der Waals surface area contributed by atoms with Gasteiger partial charge in [0.2, 0.25) is 0 Å². The fourth-order valence-electron chi connectivity index (χ4n) is 2.33. The minimum Gasteiger partial charge on any atom is -0.313 e. The summed E-state index contributed by atoms with van der Waals surface area (Å²) in [6.07, 6.45) is 6.90. The lowest BCUT2D eigenvalue weighted by atomic mass is 9.89. The maximum Gasteiger partial charge on any atom is 0.00954 e. The van der Waals surface area contributed by atoms with Crippen LogP contribution in [0.15, 0.2) is 0 Å². The van der Waals surface area contributed by atoms with Crippen molar-refractivity contribution in [3.8, 4) is 0 Å². The predicted octanol–water partition coefficient (Wildman–Crippen LogP) is 3.59. The predicted molar refractivity (Wildman–Crippen MR) is 63.5 cm³/mol. The molecule has 1 heteroatoms. The Balaban J connectivity index is 2.30. The number of hydrogen-bond acceptors (Lipinski definition) is 1. The monoisotopic (exact) mass is 197 g/mol. The topological polar surface area (TPSA) is 12.0 Å². The van der Waals surface area contributed by atoms with Crippen LogP contribution in [0.4, 0.5) is 0 Å². The Morgan fingerprint density at radius 2 is 1.93 bits per heavy atom. The molecule has 2 atom stereocenters. The van der Waals surface area contributed by atoms with Crippen molar-refractivity contribution >= 4 is 0 Å². The van der Waals surface area contributed by atoms with E-state index in [2.05, 4.69) is 33.0 Å². The molecule has 1 nitrogen and oxygen atoms in total. The van der Waals surface area contributed by atoms with Gasteiger partial charge in [0, 0.05) is 12.6 Å². The summed E-state index contributed by atoms with van der Waals surface area (Å²) in [6, 6.07) is 0.811. The van der Waals surface area contributed by atoms with Gasteiger partial charge in [0.1, 0.15) is 0 Å². The average Bonchev–Trinajstić information content (AvgIpc) is 2.62. The number of nitrogens with one attached hydrogen (secondary N) is 1. The zero-order valence-electron chi connectivity index (χ0n) is 10.4. The molecule has 1 saturated carbocycles. The fraction of sp³-hybridized carbons (Fsp3) is 1.00. The molecule has 1 fully saturated rings. The molecule has 0 radical (unpaired) electrons. The van der Waals surface area contributed by atoms with E-state index in [0.717, 1.165) is 12.0 Å². The van der Waals surface area contributed by atoms with Crippen molar-refractivity contribution in [2.24, 2.45) is 11.3 Å². The van der Waals surface area contributed by atoms with Crippen LogP contribution in [0.5, 0.6) is 0 Å². The van der Waals surface area contributed by atoms with Gasteiger partial charge in [-0.2, -0.15) is 0 Å². The Bertz CT molecular complexity index is 163. The normalized spacial score (nSPS) is 28.3. The molecule has 0 heterocycles. The molecule has 0 saturated heterocycles. The van der Waals surface area contributed by atoms with Crippen LogP contribution in [-0.4, -0.2) is 12.6 Å². The summed E-state index contributed by atoms with van der Waals surface area (Å²) in [5.41, 5.74) is 0.473. The first-order valence-electron chi connectivity index (χ1n) is 6.32. The van der Waals surface area contributed by atoms with Crippen LogP contribution in [0.3, 0.4) is 0 Å². The van der Waals surface area contributed by atoms with Crippen molar-refractivity contribution in [1.29, 1.82) is 0 Å². The van der Waals surface area contributed by atoms with Crippen LogP contribution < -0.4 is 5.32 Å². The lowest BCUT2D eigenvalue weighted by molar-refractivity contribution is 0.284. The molecule has 0 bridgehead atoms. The quantitative estimate of drug-likeness (QED) is 0.710. The van der Waals surface area contributed by atoms with Crippen LogP contribution in [0.1, 0.15) is 59.8 Å². The second-order valence-corrected chi connectivity index (χ2v) is 5.60. The molecule has 0 amide bonds. The summed E-state index contributed by atoms with van der Waals surface area (Å²) < 4.78 is 0. The summed E-state index contributed by atoms with van der Waals surface area (Å²) in [5, 5.41) is 3.77. The van der Waals surface area contributed by atoms with Crippen LogP contribution in [0.2, 0.25) is 0 Å². The maximum atomic E-state index is 3.77. The Labute approximate surface area is 89.7 Å². The van der Waals surface area contributed by atoms with Crippen molar-refractivity contribution in [3.63, 3.8) is 0 Å². The smallest absolute Gasteiger partial charge is 0.00954 e. The highest BCUT2D eigenvalue weighted by molar-refractivity contribution is 4.84. The molecule has 1 aliphatic carbocycles. The minimum absolute atomic E-state index is 0.473. The van der Waals surface area contributed by atoms with E-state index in [1.165, 1.54) is 38.6 Å². The first-order chi connectivity index (χ1) is 6.59. The molecule has 0 aliphatic heterocycles. The zero-order valence-corrected chi connectivity index (χ0v) is 10.4. The van der Waals surface area contributed by atoms with E-state index in [1.807, 2.05) is 0 Å². The van der Waals surface area contributed by atoms with E-state index < -0.39 is 0 Å². The highest BCUT2D eigenvalue weighted by Gasteiger charge is 2.26. The Kier molecular flexibility index (Phi) is 4.43. The van der Waals surface area contributed by atoms with Gasteiger partial charge in [0.25, 0.3) is 0 Å². The van der Waals surface area contributed by atoms with Gasteiger partial charge in [-0.25, -0.2) is 0 Å². The first kappa shape index (κ1) is 12.0. The second-order valence-electron chi connectivity index (χ2n) is 5.60. The first-order valence-corrected chi connectivity index (χ1v) is 6.32. The molecular formula is C13H27N. The summed E-state index contributed by atoms with van der Waals surface area (Å²) in [6.45, 7) is 10.5. The molecule has 1 rings (SSSR count). The summed E-state index contributed by atoms with van der Waals surface area (Å²) >= 11 is 0. The fourth-order valence-corrected chi connectivity index (χ4v) is 2.33. The Hall–Kier alpha value is -0.0400. The van der Waals surface area contributed by atoms with Gasteiger partial charge >= 0.3 is 0 Å². The third kappa shape index (κ3) is 3.27. The van der Waals surface area contributed by atoms with Crippen LogP contribution in [-0.2, 0) is 0 Å². The molecule has 0 aromatic carbocycles. The van der Waals surface area contributed by atoms with E-state index in [9.17, 15) is 0 Å². The van der Waals surface area contributed by atoms with Crippen LogP contribution in [0, 0.1) is 11.3 Å². The van der Waals surface area contributed by atoms with Gasteiger partial charge in [-0.15, -0.1) is 0 Å². The lowest BCUT2D eigenvalue weighted by Gasteiger charge is -2.28. The van der Waals surface area contributed by atoms with E-state index in [1.54, 1.807) is 0 Å². The maximum absolute atomic E-state index is 3.77. The minimum atomic E-state index is 0.473. The molecule has 1 N–H and O–H groups in total. The van der Waals surface area contributed by atoms with Crippen molar-refractivity contribution in [2.75, 3.05) is 6.54 Å². The molecule has 0 aromatic rings. The van der Waals surface area contributed by atoms with Crippen molar-refractivity contribution < 1.29 is 0 Å². The van der Waals surface area contributed by atoms with Gasteiger partial charge in [-0.05, 0) is 30.6 Å². The van der Waals surface area contributed by atoms with Crippen molar-refractivity contribution in [2.45, 2.75) is 65.8 Å². The summed E-state index contributed by atoms with van der Waals surface area (Å²) in [4.78, 5) is 0. The van der Waals surface area contributed by atoms with Gasteiger partial charge in [-0.1, -0.05) is 40.5 Å². The largest absolute Gasteiger partial charge is 0.313 e. The Morgan fingerprint density at radius 1 is 1.21 bits per heavy atom. The molecular weight excluding hydrogens is 170 g/mol. The van der Waals surface area contributed by atoms with Crippen LogP contribution in [0.25, 0.3) is 0 Å². The van der Waals surface area contributed by atoms with E-state index in [0.29, 0.717) is 5.41 Å². The average molecular weight is 197 g/mol. The molecule has 84 valence electrons. The highest BCUT2D eigenvalue weighted by atomic mass is 14.9. The molecule has 1 aliphatic rings. The molecule has 2 unspecified atom stereocenters. The molecule has 0 aromatic heterocycles.